The fourth-order valence-corrected chi connectivity index (χ4v) is 3.05. The second kappa shape index (κ2) is 10.1. The highest BCUT2D eigenvalue weighted by molar-refractivity contribution is 6.74. The van der Waals surface area contributed by atoms with E-state index in [2.05, 4.69) is 49.2 Å². The van der Waals surface area contributed by atoms with Gasteiger partial charge in [-0.25, -0.2) is 4.79 Å². The number of hydrogen-bond acceptors (Lipinski definition) is 6. The van der Waals surface area contributed by atoms with Crippen molar-refractivity contribution in [3.05, 3.63) is 10.4 Å². The summed E-state index contributed by atoms with van der Waals surface area (Å²) >= 11 is 0. The normalized spacial score (nSPS) is 16.5. The first-order valence-corrected chi connectivity index (χ1v) is 11.9. The van der Waals surface area contributed by atoms with Gasteiger partial charge in [0.1, 0.15) is 11.6 Å². The molecule has 0 heterocycles. The summed E-state index contributed by atoms with van der Waals surface area (Å²) in [5, 5.41) is 15.3. The van der Waals surface area contributed by atoms with Crippen molar-refractivity contribution in [2.24, 2.45) is 11.0 Å². The van der Waals surface area contributed by atoms with Gasteiger partial charge in [-0.2, -0.15) is 0 Å². The summed E-state index contributed by atoms with van der Waals surface area (Å²) in [5.41, 5.74) is 6.91. The number of carbonyl (C=O) groups is 2. The third kappa shape index (κ3) is 7.14. The van der Waals surface area contributed by atoms with Crippen LogP contribution in [0, 0.1) is 5.92 Å². The molecule has 0 aromatic heterocycles. The molecule has 9 nitrogen and oxygen atoms in total. The average Bonchev–Trinajstić information content (AvgIpc) is 2.57. The van der Waals surface area contributed by atoms with Gasteiger partial charge in [0.05, 0.1) is 13.7 Å². The highest BCUT2D eigenvalue weighted by Gasteiger charge is 2.39. The Labute approximate surface area is 162 Å². The molecule has 0 radical (unpaired) electrons. The predicted molar refractivity (Wildman–Crippen MR) is 106 cm³/mol. The standard InChI is InChI=1S/C17H34N4O5Si/c1-12(9-10-26-27(7,8)16(2,3)4)13(14(23)25-6)19-15(24)17(5,11-22)20-21-18/h12-13,22H,9-11H2,1-8H3,(H,19,24)/t12-,13-,17-/m0/s1. The lowest BCUT2D eigenvalue weighted by molar-refractivity contribution is -0.147. The Kier molecular flexibility index (Phi) is 9.47. The number of ether oxygens (including phenoxy) is 1. The van der Waals surface area contributed by atoms with Crippen molar-refractivity contribution in [2.75, 3.05) is 20.3 Å². The van der Waals surface area contributed by atoms with Crippen LogP contribution in [0.1, 0.15) is 41.0 Å². The average molecular weight is 403 g/mol. The number of rotatable bonds is 10. The van der Waals surface area contributed by atoms with Crippen molar-refractivity contribution in [1.29, 1.82) is 0 Å². The van der Waals surface area contributed by atoms with Gasteiger partial charge in [-0.15, -0.1) is 0 Å². The molecule has 2 N–H and O–H groups in total. The minimum Gasteiger partial charge on any atom is -0.467 e. The number of nitrogens with one attached hydrogen (secondary N) is 1. The van der Waals surface area contributed by atoms with E-state index >= 15 is 0 Å². The molecule has 156 valence electrons. The predicted octanol–water partition coefficient (Wildman–Crippen LogP) is 2.75. The fraction of sp³-hybridized carbons (Fsp3) is 0.882. The quantitative estimate of drug-likeness (QED) is 0.190. The number of amides is 1. The van der Waals surface area contributed by atoms with Gasteiger partial charge in [-0.3, -0.25) is 4.79 Å². The van der Waals surface area contributed by atoms with E-state index < -0.39 is 38.4 Å². The van der Waals surface area contributed by atoms with Crippen LogP contribution in [0.25, 0.3) is 10.4 Å². The molecule has 0 bridgehead atoms. The van der Waals surface area contributed by atoms with Crippen LogP contribution in [0.15, 0.2) is 5.11 Å². The van der Waals surface area contributed by atoms with E-state index in [1.165, 1.54) is 14.0 Å². The minimum atomic E-state index is -1.91. The smallest absolute Gasteiger partial charge is 0.328 e. The molecule has 0 saturated carbocycles. The molecular weight excluding hydrogens is 368 g/mol. The largest absolute Gasteiger partial charge is 0.467 e. The van der Waals surface area contributed by atoms with Crippen LogP contribution in [0.4, 0.5) is 0 Å². The molecule has 0 spiro atoms. The zero-order valence-electron chi connectivity index (χ0n) is 17.7. The molecule has 0 aliphatic carbocycles. The highest BCUT2D eigenvalue weighted by Crippen LogP contribution is 2.36. The van der Waals surface area contributed by atoms with Crippen LogP contribution in [0.5, 0.6) is 0 Å². The maximum absolute atomic E-state index is 12.4. The Bertz CT molecular complexity index is 572. The van der Waals surface area contributed by atoms with Gasteiger partial charge in [-0.05, 0) is 42.9 Å². The number of methoxy groups -OCH3 is 1. The summed E-state index contributed by atoms with van der Waals surface area (Å²) in [6, 6.07) is -0.940. The van der Waals surface area contributed by atoms with E-state index in [0.29, 0.717) is 13.0 Å². The molecule has 0 unspecified atom stereocenters. The SMILES string of the molecule is COC(=O)[C@@H](NC(=O)[C@](C)(CO)N=[N+]=[N-])[C@@H](C)CCO[Si](C)(C)C(C)(C)C. The first-order valence-electron chi connectivity index (χ1n) is 8.95. The van der Waals surface area contributed by atoms with Crippen molar-refractivity contribution in [2.45, 2.75) is 70.8 Å². The van der Waals surface area contributed by atoms with Crippen LogP contribution in [-0.4, -0.2) is 57.2 Å². The molecule has 1 amide bonds. The fourth-order valence-electron chi connectivity index (χ4n) is 1.99. The number of azide groups is 1. The van der Waals surface area contributed by atoms with Gasteiger partial charge in [-0.1, -0.05) is 32.8 Å². The van der Waals surface area contributed by atoms with E-state index in [1.807, 2.05) is 0 Å². The first-order chi connectivity index (χ1) is 12.3. The lowest BCUT2D eigenvalue weighted by atomic mass is 9.96. The summed E-state index contributed by atoms with van der Waals surface area (Å²) in [5.74, 6) is -1.63. The van der Waals surface area contributed by atoms with Gasteiger partial charge in [0.2, 0.25) is 5.91 Å². The summed E-state index contributed by atoms with van der Waals surface area (Å²) in [6.07, 6.45) is 0.532. The maximum Gasteiger partial charge on any atom is 0.328 e. The second-order valence-corrected chi connectivity index (χ2v) is 13.3. The molecular formula is C17H34N4O5Si. The summed E-state index contributed by atoms with van der Waals surface area (Å²) in [4.78, 5) is 27.2. The Morgan fingerprint density at radius 3 is 2.26 bits per heavy atom. The monoisotopic (exact) mass is 402 g/mol. The molecule has 0 aromatic carbocycles. The molecule has 0 aromatic rings. The van der Waals surface area contributed by atoms with Gasteiger partial charge in [0.15, 0.2) is 8.32 Å². The second-order valence-electron chi connectivity index (χ2n) is 8.47. The zero-order chi connectivity index (χ0) is 21.5. The third-order valence-electron chi connectivity index (χ3n) is 5.22. The van der Waals surface area contributed by atoms with E-state index in [-0.39, 0.29) is 11.0 Å². The van der Waals surface area contributed by atoms with E-state index in [9.17, 15) is 14.7 Å². The Morgan fingerprint density at radius 2 is 1.85 bits per heavy atom. The Hall–Kier alpha value is -1.61. The summed E-state index contributed by atoms with van der Waals surface area (Å²) in [6.45, 7) is 13.6. The van der Waals surface area contributed by atoms with E-state index in [0.717, 1.165) is 0 Å². The third-order valence-corrected chi connectivity index (χ3v) is 9.75. The molecule has 0 aliphatic rings. The number of aliphatic hydroxyl groups is 1. The van der Waals surface area contributed by atoms with Gasteiger partial charge in [0, 0.05) is 11.5 Å². The van der Waals surface area contributed by atoms with Gasteiger partial charge in [0.25, 0.3) is 0 Å². The van der Waals surface area contributed by atoms with Crippen molar-refractivity contribution >= 4 is 20.2 Å². The highest BCUT2D eigenvalue weighted by atomic mass is 28.4. The van der Waals surface area contributed by atoms with E-state index in [1.54, 1.807) is 6.92 Å². The Balaban J connectivity index is 5.13. The van der Waals surface area contributed by atoms with Crippen molar-refractivity contribution in [3.8, 4) is 0 Å². The van der Waals surface area contributed by atoms with Crippen LogP contribution in [-0.2, 0) is 18.8 Å². The first kappa shape index (κ1) is 25.4. The van der Waals surface area contributed by atoms with Crippen molar-refractivity contribution in [1.82, 2.24) is 5.32 Å². The van der Waals surface area contributed by atoms with E-state index in [4.69, 9.17) is 14.7 Å². The zero-order valence-corrected chi connectivity index (χ0v) is 18.7. The number of carbonyl (C=O) groups excluding carboxylic acids is 2. The van der Waals surface area contributed by atoms with Crippen LogP contribution in [0.3, 0.4) is 0 Å². The number of aliphatic hydroxyl groups excluding tert-OH is 1. The van der Waals surface area contributed by atoms with Crippen molar-refractivity contribution < 1.29 is 23.9 Å². The summed E-state index contributed by atoms with van der Waals surface area (Å²) < 4.78 is 10.9. The molecule has 0 fully saturated rings. The maximum atomic E-state index is 12.4. The van der Waals surface area contributed by atoms with Gasteiger partial charge < -0.3 is 19.6 Å². The molecule has 0 saturated heterocycles. The number of hydrogen-bond donors (Lipinski definition) is 2. The molecule has 3 atom stereocenters. The van der Waals surface area contributed by atoms with Gasteiger partial charge >= 0.3 is 5.97 Å². The van der Waals surface area contributed by atoms with Crippen LogP contribution in [0.2, 0.25) is 18.1 Å². The lowest BCUT2D eigenvalue weighted by Gasteiger charge is -2.36. The lowest BCUT2D eigenvalue weighted by Crippen LogP contribution is -2.54. The molecule has 0 rings (SSSR count). The van der Waals surface area contributed by atoms with Crippen LogP contribution >= 0.6 is 0 Å². The van der Waals surface area contributed by atoms with Crippen LogP contribution < -0.4 is 5.32 Å². The topological polar surface area (TPSA) is 134 Å². The number of nitrogens with zero attached hydrogens (tertiary/aromatic N) is 3. The minimum absolute atomic E-state index is 0.0739. The molecule has 10 heteroatoms. The molecule has 27 heavy (non-hydrogen) atoms. The number of esters is 1. The van der Waals surface area contributed by atoms with Crippen molar-refractivity contribution in [3.63, 3.8) is 0 Å². The summed E-state index contributed by atoms with van der Waals surface area (Å²) in [7, 11) is -0.677. The Morgan fingerprint density at radius 1 is 1.30 bits per heavy atom. The molecule has 0 aliphatic heterocycles.